The lowest BCUT2D eigenvalue weighted by molar-refractivity contribution is -0.135. The second-order valence-corrected chi connectivity index (χ2v) is 3.99. The molecule has 0 aliphatic carbocycles. The zero-order valence-corrected chi connectivity index (χ0v) is 8.95. The van der Waals surface area contributed by atoms with Gasteiger partial charge in [0.05, 0.1) is 0 Å². The van der Waals surface area contributed by atoms with Crippen LogP contribution in [0.5, 0.6) is 0 Å². The van der Waals surface area contributed by atoms with Crippen LogP contribution in [0.1, 0.15) is 0 Å². The van der Waals surface area contributed by atoms with E-state index in [0.29, 0.717) is 0 Å². The number of nitrogens with zero attached hydrogens (tertiary/aromatic N) is 3. The molecule has 0 aromatic heterocycles. The first-order valence-corrected chi connectivity index (χ1v) is 4.62. The fourth-order valence-corrected chi connectivity index (χ4v) is 1.57. The van der Waals surface area contributed by atoms with Gasteiger partial charge in [-0.05, 0) is 14.1 Å². The van der Waals surface area contributed by atoms with Gasteiger partial charge in [-0.25, -0.2) is 0 Å². The largest absolute Gasteiger partial charge is 0.347 e. The molecule has 1 heterocycles. The van der Waals surface area contributed by atoms with Gasteiger partial charge >= 0.3 is 0 Å². The summed E-state index contributed by atoms with van der Waals surface area (Å²) in [5, 5.41) is 0. The number of carbonyl (C=O) groups excluding carboxylic acids is 1. The van der Waals surface area contributed by atoms with Crippen molar-refractivity contribution in [3.8, 4) is 0 Å². The van der Waals surface area contributed by atoms with Gasteiger partial charge in [0.15, 0.2) is 0 Å². The third kappa shape index (κ3) is 2.42. The van der Waals surface area contributed by atoms with Gasteiger partial charge in [-0.15, -0.1) is 0 Å². The first-order chi connectivity index (χ1) is 6.02. The van der Waals surface area contributed by atoms with Crippen LogP contribution in [0.25, 0.3) is 0 Å². The second kappa shape index (κ2) is 4.07. The molecule has 1 aliphatic heterocycles. The van der Waals surface area contributed by atoms with Crippen LogP contribution in [-0.4, -0.2) is 74.5 Å². The minimum Gasteiger partial charge on any atom is -0.347 e. The van der Waals surface area contributed by atoms with E-state index in [9.17, 15) is 4.79 Å². The number of hydrogen-bond donors (Lipinski definition) is 0. The maximum atomic E-state index is 11.7. The lowest BCUT2D eigenvalue weighted by Gasteiger charge is -2.37. The number of hydrogen-bond acceptors (Lipinski definition) is 3. The van der Waals surface area contributed by atoms with E-state index < -0.39 is 0 Å². The Morgan fingerprint density at radius 1 is 1.31 bits per heavy atom. The van der Waals surface area contributed by atoms with Gasteiger partial charge in [-0.1, -0.05) is 0 Å². The normalized spacial score (nSPS) is 26.0. The Morgan fingerprint density at radius 2 is 1.92 bits per heavy atom. The van der Waals surface area contributed by atoms with E-state index in [1.165, 1.54) is 0 Å². The van der Waals surface area contributed by atoms with E-state index >= 15 is 0 Å². The molecule has 13 heavy (non-hydrogen) atoms. The first kappa shape index (κ1) is 10.5. The van der Waals surface area contributed by atoms with Crippen molar-refractivity contribution in [1.82, 2.24) is 14.7 Å². The first-order valence-electron chi connectivity index (χ1n) is 4.62. The summed E-state index contributed by atoms with van der Waals surface area (Å²) < 4.78 is 0. The Hall–Kier alpha value is -0.610. The zero-order valence-electron chi connectivity index (χ0n) is 8.95. The minimum absolute atomic E-state index is 0.0359. The quantitative estimate of drug-likeness (QED) is 0.541. The Balaban J connectivity index is 2.60. The van der Waals surface area contributed by atoms with Gasteiger partial charge < -0.3 is 9.80 Å². The third-order valence-electron chi connectivity index (χ3n) is 2.58. The number of carbonyl (C=O) groups is 1. The number of amides is 1. The number of rotatable bonds is 1. The third-order valence-corrected chi connectivity index (χ3v) is 2.58. The molecule has 0 spiro atoms. The summed E-state index contributed by atoms with van der Waals surface area (Å²) >= 11 is 0. The molecular weight excluding hydrogens is 166 g/mol. The Bertz CT molecular complexity index is 193. The fourth-order valence-electron chi connectivity index (χ4n) is 1.57. The SMILES string of the molecule is CN1CCN(C)C(C(=O)N(C)C)C1. The highest BCUT2D eigenvalue weighted by molar-refractivity contribution is 5.81. The van der Waals surface area contributed by atoms with Crippen molar-refractivity contribution in [2.24, 2.45) is 0 Å². The van der Waals surface area contributed by atoms with Crippen LogP contribution in [0.2, 0.25) is 0 Å². The summed E-state index contributed by atoms with van der Waals surface area (Å²) in [7, 11) is 7.69. The van der Waals surface area contributed by atoms with E-state index in [0.717, 1.165) is 19.6 Å². The van der Waals surface area contributed by atoms with E-state index in [2.05, 4.69) is 16.8 Å². The number of piperazine rings is 1. The highest BCUT2D eigenvalue weighted by atomic mass is 16.2. The lowest BCUT2D eigenvalue weighted by atomic mass is 10.1. The fraction of sp³-hybridized carbons (Fsp3) is 0.889. The molecule has 4 nitrogen and oxygen atoms in total. The maximum Gasteiger partial charge on any atom is 0.240 e. The molecule has 4 heteroatoms. The van der Waals surface area contributed by atoms with Crippen molar-refractivity contribution >= 4 is 5.91 Å². The molecule has 0 N–H and O–H groups in total. The van der Waals surface area contributed by atoms with Crippen molar-refractivity contribution in [2.45, 2.75) is 6.04 Å². The van der Waals surface area contributed by atoms with E-state index in [1.54, 1.807) is 4.90 Å². The highest BCUT2D eigenvalue weighted by Crippen LogP contribution is 2.07. The van der Waals surface area contributed by atoms with Crippen LogP contribution in [-0.2, 0) is 4.79 Å². The monoisotopic (exact) mass is 185 g/mol. The molecule has 0 bridgehead atoms. The molecular formula is C9H19N3O. The van der Waals surface area contributed by atoms with Crippen molar-refractivity contribution in [3.05, 3.63) is 0 Å². The standard InChI is InChI=1S/C9H19N3O/c1-10(2)9(13)8-7-11(3)5-6-12(8)4/h8H,5-7H2,1-4H3. The smallest absolute Gasteiger partial charge is 0.240 e. The predicted molar refractivity (Wildman–Crippen MR) is 52.6 cm³/mol. The Labute approximate surface area is 80.1 Å². The van der Waals surface area contributed by atoms with Crippen LogP contribution in [0.15, 0.2) is 0 Å². The molecule has 1 unspecified atom stereocenters. The summed E-state index contributed by atoms with van der Waals surface area (Å²) in [6, 6.07) is 0.0359. The van der Waals surface area contributed by atoms with Crippen LogP contribution in [0, 0.1) is 0 Å². The van der Waals surface area contributed by atoms with Gasteiger partial charge in [-0.2, -0.15) is 0 Å². The molecule has 0 saturated carbocycles. The molecule has 1 fully saturated rings. The zero-order chi connectivity index (χ0) is 10.0. The van der Waals surface area contributed by atoms with Gasteiger partial charge in [0.2, 0.25) is 5.91 Å². The van der Waals surface area contributed by atoms with E-state index in [4.69, 9.17) is 0 Å². The molecule has 0 aromatic carbocycles. The van der Waals surface area contributed by atoms with Crippen molar-refractivity contribution < 1.29 is 4.79 Å². The molecule has 1 atom stereocenters. The summed E-state index contributed by atoms with van der Waals surface area (Å²) in [6.07, 6.45) is 0. The lowest BCUT2D eigenvalue weighted by Crippen LogP contribution is -2.56. The molecule has 1 saturated heterocycles. The second-order valence-electron chi connectivity index (χ2n) is 3.99. The van der Waals surface area contributed by atoms with Crippen LogP contribution in [0.4, 0.5) is 0 Å². The summed E-state index contributed by atoms with van der Waals surface area (Å²) in [4.78, 5) is 17.7. The van der Waals surface area contributed by atoms with Gasteiger partial charge in [0.1, 0.15) is 6.04 Å². The summed E-state index contributed by atoms with van der Waals surface area (Å²) in [6.45, 7) is 2.86. The molecule has 76 valence electrons. The molecule has 1 aliphatic rings. The number of likely N-dealkylation sites (N-methyl/N-ethyl adjacent to an activating group) is 3. The Morgan fingerprint density at radius 3 is 2.46 bits per heavy atom. The average Bonchev–Trinajstić information content (AvgIpc) is 2.08. The average molecular weight is 185 g/mol. The van der Waals surface area contributed by atoms with E-state index in [-0.39, 0.29) is 11.9 Å². The predicted octanol–water partition coefficient (Wildman–Crippen LogP) is -0.680. The molecule has 1 rings (SSSR count). The highest BCUT2D eigenvalue weighted by Gasteiger charge is 2.29. The van der Waals surface area contributed by atoms with Crippen molar-refractivity contribution in [3.63, 3.8) is 0 Å². The molecule has 0 radical (unpaired) electrons. The van der Waals surface area contributed by atoms with Crippen molar-refractivity contribution in [1.29, 1.82) is 0 Å². The maximum absolute atomic E-state index is 11.7. The van der Waals surface area contributed by atoms with Crippen LogP contribution < -0.4 is 0 Å². The van der Waals surface area contributed by atoms with Gasteiger partial charge in [0, 0.05) is 33.7 Å². The topological polar surface area (TPSA) is 26.8 Å². The molecule has 1 amide bonds. The van der Waals surface area contributed by atoms with E-state index in [1.807, 2.05) is 21.1 Å². The van der Waals surface area contributed by atoms with Crippen LogP contribution in [0.3, 0.4) is 0 Å². The van der Waals surface area contributed by atoms with Gasteiger partial charge in [-0.3, -0.25) is 9.69 Å². The minimum atomic E-state index is 0.0359. The molecule has 0 aromatic rings. The Kier molecular flexibility index (Phi) is 3.27. The summed E-state index contributed by atoms with van der Waals surface area (Å²) in [5.74, 6) is 0.203. The summed E-state index contributed by atoms with van der Waals surface area (Å²) in [5.41, 5.74) is 0. The van der Waals surface area contributed by atoms with Crippen molar-refractivity contribution in [2.75, 3.05) is 47.8 Å². The van der Waals surface area contributed by atoms with Gasteiger partial charge in [0.25, 0.3) is 0 Å². The van der Waals surface area contributed by atoms with Crippen LogP contribution >= 0.6 is 0 Å².